The van der Waals surface area contributed by atoms with Gasteiger partial charge in [0, 0.05) is 16.7 Å². The van der Waals surface area contributed by atoms with Crippen molar-refractivity contribution in [1.29, 1.82) is 0 Å². The van der Waals surface area contributed by atoms with E-state index in [9.17, 15) is 14.4 Å². The topological polar surface area (TPSA) is 72.5 Å². The summed E-state index contributed by atoms with van der Waals surface area (Å²) >= 11 is 0. The number of nitrogens with one attached hydrogen (secondary N) is 1. The second kappa shape index (κ2) is 8.83. The molecular weight excluding hydrogens is 354 g/mol. The number of anilines is 1. The molecule has 28 heavy (non-hydrogen) atoms. The maximum absolute atomic E-state index is 12.5. The summed E-state index contributed by atoms with van der Waals surface area (Å²) in [7, 11) is 0. The Balaban J connectivity index is 1.94. The molecule has 0 saturated carbocycles. The quantitative estimate of drug-likeness (QED) is 0.597. The number of carbonyl (C=O) groups excluding carboxylic acids is 3. The van der Waals surface area contributed by atoms with Gasteiger partial charge in [-0.1, -0.05) is 50.6 Å². The molecule has 1 atom stereocenters. The van der Waals surface area contributed by atoms with Crippen molar-refractivity contribution in [3.8, 4) is 0 Å². The monoisotopic (exact) mass is 381 g/mol. The van der Waals surface area contributed by atoms with Crippen LogP contribution in [0.15, 0.2) is 48.5 Å². The molecule has 148 valence electrons. The van der Waals surface area contributed by atoms with Crippen LogP contribution < -0.4 is 5.32 Å². The number of rotatable bonds is 6. The molecule has 2 aromatic carbocycles. The van der Waals surface area contributed by atoms with Crippen molar-refractivity contribution in [2.75, 3.05) is 5.32 Å². The summed E-state index contributed by atoms with van der Waals surface area (Å²) in [5.74, 6) is -0.838. The number of Topliss-reactive ketones (excluding diaryl/α,β-unsaturated/α-hetero) is 1. The van der Waals surface area contributed by atoms with Crippen LogP contribution in [0.5, 0.6) is 0 Å². The molecule has 0 spiro atoms. The van der Waals surface area contributed by atoms with E-state index in [0.717, 1.165) is 11.1 Å². The highest BCUT2D eigenvalue weighted by Crippen LogP contribution is 2.18. The Morgan fingerprint density at radius 3 is 2.07 bits per heavy atom. The minimum absolute atomic E-state index is 0.106. The predicted octanol–water partition coefficient (Wildman–Crippen LogP) is 4.34. The molecule has 5 heteroatoms. The summed E-state index contributed by atoms with van der Waals surface area (Å²) < 4.78 is 5.28. The van der Waals surface area contributed by atoms with Crippen molar-refractivity contribution in [2.24, 2.45) is 5.41 Å². The lowest BCUT2D eigenvalue weighted by molar-refractivity contribution is -0.145. The van der Waals surface area contributed by atoms with Gasteiger partial charge in [0.2, 0.25) is 11.7 Å². The maximum Gasteiger partial charge on any atom is 0.310 e. The summed E-state index contributed by atoms with van der Waals surface area (Å²) in [5, 5.41) is 2.81. The fourth-order valence-electron chi connectivity index (χ4n) is 2.44. The summed E-state index contributed by atoms with van der Waals surface area (Å²) in [4.78, 5) is 36.6. The summed E-state index contributed by atoms with van der Waals surface area (Å²) in [6, 6.07) is 14.2. The van der Waals surface area contributed by atoms with Crippen LogP contribution in [0.25, 0.3) is 0 Å². The van der Waals surface area contributed by atoms with Crippen molar-refractivity contribution in [1.82, 2.24) is 0 Å². The Bertz CT molecular complexity index is 846. The van der Waals surface area contributed by atoms with E-state index in [-0.39, 0.29) is 18.1 Å². The molecule has 0 unspecified atom stereocenters. The summed E-state index contributed by atoms with van der Waals surface area (Å²) in [6.45, 7) is 9.01. The molecule has 0 radical (unpaired) electrons. The van der Waals surface area contributed by atoms with Crippen molar-refractivity contribution in [3.05, 3.63) is 65.2 Å². The van der Waals surface area contributed by atoms with Gasteiger partial charge in [0.1, 0.15) is 0 Å². The van der Waals surface area contributed by atoms with E-state index < -0.39 is 17.5 Å². The molecule has 2 rings (SSSR count). The van der Waals surface area contributed by atoms with Gasteiger partial charge in [-0.25, -0.2) is 0 Å². The Kier molecular flexibility index (Phi) is 6.73. The molecule has 1 N–H and O–H groups in total. The first-order valence-corrected chi connectivity index (χ1v) is 9.27. The van der Waals surface area contributed by atoms with Crippen LogP contribution in [0.3, 0.4) is 0 Å². The number of hydrogen-bond acceptors (Lipinski definition) is 4. The predicted molar refractivity (Wildman–Crippen MR) is 109 cm³/mol. The molecule has 0 heterocycles. The number of esters is 1. The molecule has 0 aliphatic heterocycles. The van der Waals surface area contributed by atoms with Crippen molar-refractivity contribution in [3.63, 3.8) is 0 Å². The van der Waals surface area contributed by atoms with Gasteiger partial charge in [-0.05, 0) is 43.7 Å². The minimum Gasteiger partial charge on any atom is -0.454 e. The normalized spacial score (nSPS) is 12.2. The lowest BCUT2D eigenvalue weighted by atomic mass is 9.95. The maximum atomic E-state index is 12.5. The van der Waals surface area contributed by atoms with Crippen molar-refractivity contribution in [2.45, 2.75) is 47.1 Å². The lowest BCUT2D eigenvalue weighted by Gasteiger charge is -2.18. The third-order valence-electron chi connectivity index (χ3n) is 4.25. The molecule has 0 aliphatic carbocycles. The number of hydrogen-bond donors (Lipinski definition) is 1. The van der Waals surface area contributed by atoms with E-state index in [1.54, 1.807) is 31.2 Å². The van der Waals surface area contributed by atoms with Crippen LogP contribution in [-0.4, -0.2) is 23.8 Å². The highest BCUT2D eigenvalue weighted by Gasteiger charge is 2.22. The van der Waals surface area contributed by atoms with Crippen LogP contribution in [0, 0.1) is 12.3 Å². The first kappa shape index (κ1) is 21.4. The van der Waals surface area contributed by atoms with Crippen LogP contribution in [-0.2, 0) is 20.7 Å². The SMILES string of the molecule is Cc1ccc(CC(=O)O[C@H](C)C(=O)c2ccc(NC(=O)C(C)(C)C)cc2)cc1. The molecule has 0 aromatic heterocycles. The highest BCUT2D eigenvalue weighted by molar-refractivity contribution is 6.01. The number of aryl methyl sites for hydroxylation is 1. The molecule has 0 fully saturated rings. The van der Waals surface area contributed by atoms with Gasteiger partial charge in [0.15, 0.2) is 6.10 Å². The Morgan fingerprint density at radius 1 is 0.964 bits per heavy atom. The summed E-state index contributed by atoms with van der Waals surface area (Å²) in [6.07, 6.45) is -0.761. The highest BCUT2D eigenvalue weighted by atomic mass is 16.5. The molecule has 0 aliphatic rings. The molecule has 2 aromatic rings. The van der Waals surface area contributed by atoms with E-state index in [4.69, 9.17) is 4.74 Å². The summed E-state index contributed by atoms with van der Waals surface area (Å²) in [5.41, 5.74) is 2.48. The van der Waals surface area contributed by atoms with E-state index >= 15 is 0 Å². The van der Waals surface area contributed by atoms with Crippen molar-refractivity contribution < 1.29 is 19.1 Å². The Morgan fingerprint density at radius 2 is 1.54 bits per heavy atom. The van der Waals surface area contributed by atoms with E-state index in [1.807, 2.05) is 52.0 Å². The molecule has 5 nitrogen and oxygen atoms in total. The first-order chi connectivity index (χ1) is 13.1. The van der Waals surface area contributed by atoms with Gasteiger partial charge in [-0.2, -0.15) is 0 Å². The number of carbonyl (C=O) groups is 3. The zero-order chi connectivity index (χ0) is 20.9. The van der Waals surface area contributed by atoms with Crippen LogP contribution >= 0.6 is 0 Å². The number of ether oxygens (including phenoxy) is 1. The first-order valence-electron chi connectivity index (χ1n) is 9.27. The van der Waals surface area contributed by atoms with Crippen LogP contribution in [0.4, 0.5) is 5.69 Å². The minimum atomic E-state index is -0.882. The number of ketones is 1. The Labute approximate surface area is 166 Å². The van der Waals surface area contributed by atoms with Gasteiger partial charge in [-0.3, -0.25) is 14.4 Å². The second-order valence-electron chi connectivity index (χ2n) is 7.94. The Hall–Kier alpha value is -2.95. The zero-order valence-electron chi connectivity index (χ0n) is 17.0. The van der Waals surface area contributed by atoms with E-state index in [2.05, 4.69) is 5.32 Å². The average molecular weight is 381 g/mol. The van der Waals surface area contributed by atoms with E-state index in [0.29, 0.717) is 11.3 Å². The lowest BCUT2D eigenvalue weighted by Crippen LogP contribution is -2.27. The van der Waals surface area contributed by atoms with Gasteiger partial charge in [0.25, 0.3) is 0 Å². The smallest absolute Gasteiger partial charge is 0.310 e. The fourth-order valence-corrected chi connectivity index (χ4v) is 2.44. The third-order valence-corrected chi connectivity index (χ3v) is 4.25. The third kappa shape index (κ3) is 6.05. The fraction of sp³-hybridized carbons (Fsp3) is 0.348. The van der Waals surface area contributed by atoms with Crippen LogP contribution in [0.2, 0.25) is 0 Å². The van der Waals surface area contributed by atoms with E-state index in [1.165, 1.54) is 0 Å². The largest absolute Gasteiger partial charge is 0.454 e. The van der Waals surface area contributed by atoms with Crippen LogP contribution in [0.1, 0.15) is 49.2 Å². The van der Waals surface area contributed by atoms with Gasteiger partial charge >= 0.3 is 5.97 Å². The van der Waals surface area contributed by atoms with Gasteiger partial charge in [0.05, 0.1) is 6.42 Å². The molecule has 0 bridgehead atoms. The molecule has 1 amide bonds. The number of benzene rings is 2. The van der Waals surface area contributed by atoms with Gasteiger partial charge < -0.3 is 10.1 Å². The standard InChI is InChI=1S/C23H27NO4/c1-15-6-8-17(9-7-15)14-20(25)28-16(2)21(26)18-10-12-19(13-11-18)24-22(27)23(3,4)5/h6-13,16H,14H2,1-5H3,(H,24,27)/t16-/m1/s1. The average Bonchev–Trinajstić information content (AvgIpc) is 2.62. The second-order valence-corrected chi connectivity index (χ2v) is 7.94. The zero-order valence-corrected chi connectivity index (χ0v) is 17.0. The molecular formula is C23H27NO4. The van der Waals surface area contributed by atoms with Crippen molar-refractivity contribution >= 4 is 23.3 Å². The number of amides is 1. The molecule has 0 saturated heterocycles. The van der Waals surface area contributed by atoms with Gasteiger partial charge in [-0.15, -0.1) is 0 Å².